The van der Waals surface area contributed by atoms with Gasteiger partial charge >= 0.3 is 0 Å². The fourth-order valence-electron chi connectivity index (χ4n) is 3.22. The zero-order chi connectivity index (χ0) is 26.6. The number of fused-ring (bicyclic) bond motifs is 1. The number of rotatable bonds is 10. The van der Waals surface area contributed by atoms with Crippen LogP contribution in [0.1, 0.15) is 40.4 Å². The van der Waals surface area contributed by atoms with Crippen molar-refractivity contribution in [1.82, 2.24) is 25.6 Å². The molecule has 0 saturated carbocycles. The summed E-state index contributed by atoms with van der Waals surface area (Å²) >= 11 is 0. The Hall–Kier alpha value is -4.04. The quantitative estimate of drug-likeness (QED) is 0.274. The van der Waals surface area contributed by atoms with Gasteiger partial charge in [-0.3, -0.25) is 4.98 Å². The molecule has 0 fully saturated rings. The molecule has 2 heterocycles. The molecule has 0 aliphatic rings. The molecule has 0 unspecified atom stereocenters. The Labute approximate surface area is 211 Å². The first-order valence-corrected chi connectivity index (χ1v) is 11.5. The summed E-state index contributed by atoms with van der Waals surface area (Å²) in [6, 6.07) is 1.91. The monoisotopic (exact) mass is 469 g/mol. The van der Waals surface area contributed by atoms with Gasteiger partial charge in [0.25, 0.3) is 0 Å². The third kappa shape index (κ3) is 8.35. The number of nitrogens with one attached hydrogen (secondary N) is 3. The van der Waals surface area contributed by atoms with Crippen molar-refractivity contribution in [3.8, 4) is 12.8 Å². The van der Waals surface area contributed by atoms with Crippen molar-refractivity contribution in [3.63, 3.8) is 0 Å². The zero-order valence-corrected chi connectivity index (χ0v) is 22.0. The van der Waals surface area contributed by atoms with Gasteiger partial charge in [-0.15, -0.1) is 12.8 Å². The van der Waals surface area contributed by atoms with Crippen LogP contribution < -0.4 is 10.6 Å². The fraction of sp³-hybridized carbons (Fsp3) is 0.267. The summed E-state index contributed by atoms with van der Waals surface area (Å²) < 4.78 is 0. The summed E-state index contributed by atoms with van der Waals surface area (Å²) in [4.78, 5) is 12.2. The minimum absolute atomic E-state index is 0.0575. The summed E-state index contributed by atoms with van der Waals surface area (Å²) in [5.74, 6) is 0.874. The van der Waals surface area contributed by atoms with E-state index in [1.54, 1.807) is 18.5 Å². The molecular formula is C30H39N5. The average Bonchev–Trinajstić information content (AvgIpc) is 3.25. The molecule has 0 radical (unpaired) electrons. The number of hydrogen-bond acceptors (Lipinski definition) is 4. The third-order valence-corrected chi connectivity index (χ3v) is 5.36. The molecule has 0 amide bonds. The molecule has 184 valence electrons. The molecule has 2 rings (SSSR count). The number of nitrogens with zero attached hydrogens (tertiary/aromatic N) is 2. The summed E-state index contributed by atoms with van der Waals surface area (Å²) in [6.45, 7) is 22.9. The highest BCUT2D eigenvalue weighted by molar-refractivity contribution is 5.73. The number of imidazole rings is 1. The standard InChI is InChI=1S/C28H37N5.C2H2/c1-10-21(16-23(11-2)31-20(5)28(6,7)8)19(4)15-22(24(12-3)29-9)17-27-32-25-13-14-30-18-26(25)33-27;1-2/h10-16,18,29,31H,2,4-5,17H2,1,3,6-9H3,(H,32,33);1-2H/b21-10+,22-15-,23-16+,24-12+;. The molecule has 5 heteroatoms. The van der Waals surface area contributed by atoms with Crippen LogP contribution in [0.15, 0.2) is 102 Å². The summed E-state index contributed by atoms with van der Waals surface area (Å²) in [6.07, 6.45) is 22.2. The van der Waals surface area contributed by atoms with Crippen molar-refractivity contribution in [2.45, 2.75) is 41.0 Å². The number of aromatic amines is 1. The van der Waals surface area contributed by atoms with E-state index in [1.807, 2.05) is 39.1 Å². The Bertz CT molecular complexity index is 1160. The summed E-state index contributed by atoms with van der Waals surface area (Å²) in [5.41, 5.74) is 7.57. The van der Waals surface area contributed by atoms with Crippen LogP contribution in [0.4, 0.5) is 0 Å². The van der Waals surface area contributed by atoms with Gasteiger partial charge in [-0.2, -0.15) is 0 Å². The maximum atomic E-state index is 4.71. The molecule has 35 heavy (non-hydrogen) atoms. The van der Waals surface area contributed by atoms with Gasteiger partial charge in [-0.05, 0) is 54.9 Å². The Morgan fingerprint density at radius 1 is 1.14 bits per heavy atom. The normalized spacial score (nSPS) is 13.0. The molecule has 0 spiro atoms. The van der Waals surface area contributed by atoms with E-state index in [0.29, 0.717) is 6.42 Å². The van der Waals surface area contributed by atoms with Crippen LogP contribution in [0.3, 0.4) is 0 Å². The second kappa shape index (κ2) is 13.6. The van der Waals surface area contributed by atoms with E-state index < -0.39 is 0 Å². The van der Waals surface area contributed by atoms with E-state index in [2.05, 4.69) is 86.1 Å². The Balaban J connectivity index is 0.00000298. The van der Waals surface area contributed by atoms with E-state index >= 15 is 0 Å². The van der Waals surface area contributed by atoms with Gasteiger partial charge in [-0.1, -0.05) is 52.7 Å². The number of aromatic nitrogens is 3. The second-order valence-electron chi connectivity index (χ2n) is 8.80. The number of likely N-dealkylation sites (N-methyl/N-ethyl adjacent to an activating group) is 1. The van der Waals surface area contributed by atoms with Crippen LogP contribution in [0.25, 0.3) is 11.0 Å². The molecule has 0 atom stereocenters. The van der Waals surface area contributed by atoms with Crippen molar-refractivity contribution in [2.24, 2.45) is 5.41 Å². The minimum atomic E-state index is -0.0575. The van der Waals surface area contributed by atoms with E-state index in [0.717, 1.165) is 50.7 Å². The molecule has 2 aromatic heterocycles. The topological polar surface area (TPSA) is 65.6 Å². The van der Waals surface area contributed by atoms with Crippen molar-refractivity contribution in [3.05, 3.63) is 108 Å². The number of terminal acetylenes is 1. The summed E-state index contributed by atoms with van der Waals surface area (Å²) in [7, 11) is 1.92. The van der Waals surface area contributed by atoms with Crippen LogP contribution in [0.2, 0.25) is 0 Å². The molecular weight excluding hydrogens is 430 g/mol. The highest BCUT2D eigenvalue weighted by atomic mass is 14.9. The lowest BCUT2D eigenvalue weighted by molar-refractivity contribution is 0.478. The number of pyridine rings is 1. The van der Waals surface area contributed by atoms with Gasteiger partial charge in [0.1, 0.15) is 5.82 Å². The molecule has 0 aromatic carbocycles. The smallest absolute Gasteiger partial charge is 0.111 e. The van der Waals surface area contributed by atoms with Gasteiger partial charge in [0, 0.05) is 42.2 Å². The van der Waals surface area contributed by atoms with Gasteiger partial charge in [0.05, 0.1) is 17.2 Å². The molecule has 0 saturated heterocycles. The minimum Gasteiger partial charge on any atom is -0.388 e. The lowest BCUT2D eigenvalue weighted by atomic mass is 9.92. The maximum Gasteiger partial charge on any atom is 0.111 e. The number of H-pyrrole nitrogens is 1. The third-order valence-electron chi connectivity index (χ3n) is 5.36. The first-order valence-electron chi connectivity index (χ1n) is 11.5. The Morgan fingerprint density at radius 2 is 1.83 bits per heavy atom. The van der Waals surface area contributed by atoms with Crippen LogP contribution >= 0.6 is 0 Å². The first-order chi connectivity index (χ1) is 16.6. The largest absolute Gasteiger partial charge is 0.388 e. The highest BCUT2D eigenvalue weighted by Crippen LogP contribution is 2.24. The van der Waals surface area contributed by atoms with Gasteiger partial charge in [0.15, 0.2) is 0 Å². The van der Waals surface area contributed by atoms with Crippen molar-refractivity contribution in [2.75, 3.05) is 7.05 Å². The SMILES string of the molecule is C#C.C=C/C(=C\C(=C/C)C(=C)/C=C(Cc1nc2ccncc2[nH]1)\C(=C/C)NC)NC(=C)C(C)(C)C. The summed E-state index contributed by atoms with van der Waals surface area (Å²) in [5, 5.41) is 6.67. The van der Waals surface area contributed by atoms with E-state index in [4.69, 9.17) is 4.98 Å². The second-order valence-corrected chi connectivity index (χ2v) is 8.80. The van der Waals surface area contributed by atoms with Crippen LogP contribution in [0, 0.1) is 18.3 Å². The lowest BCUT2D eigenvalue weighted by Gasteiger charge is -2.24. The number of allylic oxidation sites excluding steroid dienone is 9. The van der Waals surface area contributed by atoms with E-state index in [9.17, 15) is 0 Å². The molecule has 3 N–H and O–H groups in total. The predicted octanol–water partition coefficient (Wildman–Crippen LogP) is 6.52. The van der Waals surface area contributed by atoms with Crippen molar-refractivity contribution >= 4 is 11.0 Å². The van der Waals surface area contributed by atoms with E-state index in [-0.39, 0.29) is 5.41 Å². The molecule has 2 aromatic rings. The predicted molar refractivity (Wildman–Crippen MR) is 151 cm³/mol. The van der Waals surface area contributed by atoms with E-state index in [1.165, 1.54) is 0 Å². The van der Waals surface area contributed by atoms with Gasteiger partial charge in [0.2, 0.25) is 0 Å². The fourth-order valence-corrected chi connectivity index (χ4v) is 3.22. The molecule has 0 bridgehead atoms. The maximum absolute atomic E-state index is 4.71. The molecule has 0 aliphatic heterocycles. The van der Waals surface area contributed by atoms with Crippen LogP contribution in [0.5, 0.6) is 0 Å². The van der Waals surface area contributed by atoms with Crippen LogP contribution in [-0.4, -0.2) is 22.0 Å². The van der Waals surface area contributed by atoms with Crippen molar-refractivity contribution < 1.29 is 0 Å². The lowest BCUT2D eigenvalue weighted by Crippen LogP contribution is -2.22. The van der Waals surface area contributed by atoms with Crippen LogP contribution in [-0.2, 0) is 6.42 Å². The first kappa shape index (κ1) is 29.0. The zero-order valence-electron chi connectivity index (χ0n) is 22.0. The van der Waals surface area contributed by atoms with Gasteiger partial charge in [-0.25, -0.2) is 4.98 Å². The van der Waals surface area contributed by atoms with Crippen molar-refractivity contribution in [1.29, 1.82) is 0 Å². The highest BCUT2D eigenvalue weighted by Gasteiger charge is 2.15. The Morgan fingerprint density at radius 3 is 2.34 bits per heavy atom. The molecule has 5 nitrogen and oxygen atoms in total. The molecule has 0 aliphatic carbocycles. The van der Waals surface area contributed by atoms with Gasteiger partial charge < -0.3 is 15.6 Å². The number of hydrogen-bond donors (Lipinski definition) is 3. The average molecular weight is 470 g/mol. The Kier molecular flexibility index (Phi) is 11.3.